The van der Waals surface area contributed by atoms with Gasteiger partial charge in [-0.2, -0.15) is 0 Å². The van der Waals surface area contributed by atoms with E-state index < -0.39 is 11.8 Å². The predicted octanol–water partition coefficient (Wildman–Crippen LogP) is 0.833. The van der Waals surface area contributed by atoms with Gasteiger partial charge in [-0.05, 0) is 18.2 Å². The minimum atomic E-state index is -0.470. The van der Waals surface area contributed by atoms with Crippen molar-refractivity contribution in [1.82, 2.24) is 4.90 Å². The van der Waals surface area contributed by atoms with Crippen molar-refractivity contribution in [2.45, 2.75) is 0 Å². The van der Waals surface area contributed by atoms with E-state index in [4.69, 9.17) is 21.4 Å². The maximum atomic E-state index is 12.2. The van der Waals surface area contributed by atoms with Gasteiger partial charge in [0.2, 0.25) is 0 Å². The molecule has 0 atom stereocenters. The average Bonchev–Trinajstić information content (AvgIpc) is 2.85. The van der Waals surface area contributed by atoms with Crippen LogP contribution in [0.1, 0.15) is 0 Å². The van der Waals surface area contributed by atoms with Crippen LogP contribution in [-0.4, -0.2) is 61.3 Å². The zero-order valence-corrected chi connectivity index (χ0v) is 13.8. The third-order valence-electron chi connectivity index (χ3n) is 3.93. The van der Waals surface area contributed by atoms with Crippen LogP contribution < -0.4 is 10.2 Å². The highest BCUT2D eigenvalue weighted by atomic mass is 35.5. The SMILES string of the molecule is O=C1C=C(Nc2cc(N3CCOCC3)ccc2Cl)C(=O)N1CCO. The lowest BCUT2D eigenvalue weighted by atomic mass is 10.2. The van der Waals surface area contributed by atoms with Crippen molar-refractivity contribution in [2.75, 3.05) is 49.7 Å². The molecule has 0 aromatic heterocycles. The van der Waals surface area contributed by atoms with Crippen LogP contribution >= 0.6 is 11.6 Å². The summed E-state index contributed by atoms with van der Waals surface area (Å²) in [6, 6.07) is 5.51. The summed E-state index contributed by atoms with van der Waals surface area (Å²) in [6.07, 6.45) is 1.22. The normalized spacial score (nSPS) is 18.2. The molecule has 128 valence electrons. The molecule has 1 aromatic rings. The standard InChI is InChI=1S/C16H18ClN3O4/c17-12-2-1-11(19-4-7-24-8-5-19)9-13(12)18-14-10-15(22)20(3-6-21)16(14)23/h1-2,9-10,18,21H,3-8H2. The number of carbonyl (C=O) groups excluding carboxylic acids is 2. The van der Waals surface area contributed by atoms with Gasteiger partial charge in [-0.3, -0.25) is 14.5 Å². The van der Waals surface area contributed by atoms with Crippen LogP contribution in [0.2, 0.25) is 5.02 Å². The van der Waals surface area contributed by atoms with Crippen molar-refractivity contribution >= 4 is 34.8 Å². The monoisotopic (exact) mass is 351 g/mol. The third kappa shape index (κ3) is 3.38. The predicted molar refractivity (Wildman–Crippen MR) is 90.0 cm³/mol. The molecule has 2 aliphatic rings. The summed E-state index contributed by atoms with van der Waals surface area (Å²) < 4.78 is 5.34. The van der Waals surface area contributed by atoms with Gasteiger partial charge in [-0.1, -0.05) is 11.6 Å². The number of halogens is 1. The third-order valence-corrected chi connectivity index (χ3v) is 4.26. The van der Waals surface area contributed by atoms with Crippen molar-refractivity contribution in [3.8, 4) is 0 Å². The molecule has 1 saturated heterocycles. The highest BCUT2D eigenvalue weighted by molar-refractivity contribution is 6.33. The van der Waals surface area contributed by atoms with Crippen LogP contribution in [0.3, 0.4) is 0 Å². The number of ether oxygens (including phenoxy) is 1. The summed E-state index contributed by atoms with van der Waals surface area (Å²) in [5.74, 6) is -0.918. The molecule has 0 unspecified atom stereocenters. The molecule has 0 saturated carbocycles. The Bertz CT molecular complexity index is 686. The van der Waals surface area contributed by atoms with Gasteiger partial charge in [0, 0.05) is 24.9 Å². The lowest BCUT2D eigenvalue weighted by Gasteiger charge is -2.29. The van der Waals surface area contributed by atoms with Crippen LogP contribution in [0.4, 0.5) is 11.4 Å². The lowest BCUT2D eigenvalue weighted by molar-refractivity contribution is -0.137. The number of hydrogen-bond donors (Lipinski definition) is 2. The topological polar surface area (TPSA) is 82.1 Å². The van der Waals surface area contributed by atoms with Crippen molar-refractivity contribution in [1.29, 1.82) is 0 Å². The Hall–Kier alpha value is -2.09. The first-order chi connectivity index (χ1) is 11.6. The van der Waals surface area contributed by atoms with Crippen molar-refractivity contribution in [3.05, 3.63) is 35.0 Å². The number of rotatable bonds is 5. The lowest BCUT2D eigenvalue weighted by Crippen LogP contribution is -2.36. The molecule has 2 heterocycles. The maximum Gasteiger partial charge on any atom is 0.277 e. The summed E-state index contributed by atoms with van der Waals surface area (Å²) >= 11 is 6.21. The van der Waals surface area contributed by atoms with Gasteiger partial charge in [-0.25, -0.2) is 0 Å². The van der Waals surface area contributed by atoms with Crippen molar-refractivity contribution in [2.24, 2.45) is 0 Å². The van der Waals surface area contributed by atoms with Crippen LogP contribution in [0.15, 0.2) is 30.0 Å². The van der Waals surface area contributed by atoms with Crippen molar-refractivity contribution < 1.29 is 19.4 Å². The molecule has 0 radical (unpaired) electrons. The summed E-state index contributed by atoms with van der Waals surface area (Å²) in [5.41, 5.74) is 1.67. The Morgan fingerprint density at radius 3 is 2.71 bits per heavy atom. The molecule has 1 fully saturated rings. The molecule has 8 heteroatoms. The average molecular weight is 352 g/mol. The summed E-state index contributed by atoms with van der Waals surface area (Å²) in [4.78, 5) is 27.2. The number of nitrogens with zero attached hydrogens (tertiary/aromatic N) is 2. The fraction of sp³-hybridized carbons (Fsp3) is 0.375. The van der Waals surface area contributed by atoms with E-state index in [1.807, 2.05) is 12.1 Å². The van der Waals surface area contributed by atoms with Gasteiger partial charge in [0.1, 0.15) is 5.70 Å². The van der Waals surface area contributed by atoms with E-state index in [1.54, 1.807) is 6.07 Å². The number of carbonyl (C=O) groups is 2. The molecule has 24 heavy (non-hydrogen) atoms. The quantitative estimate of drug-likeness (QED) is 0.765. The number of hydrogen-bond acceptors (Lipinski definition) is 6. The molecule has 7 nitrogen and oxygen atoms in total. The molecule has 0 aliphatic carbocycles. The number of imide groups is 1. The minimum absolute atomic E-state index is 0.0269. The number of benzene rings is 1. The van der Waals surface area contributed by atoms with E-state index in [-0.39, 0.29) is 18.8 Å². The molecule has 0 bridgehead atoms. The second-order valence-corrected chi connectivity index (χ2v) is 5.87. The number of β-amino-alcohol motifs (C(OH)–C–C–N with tert-alkyl or cyclic N) is 1. The van der Waals surface area contributed by atoms with Gasteiger partial charge in [0.15, 0.2) is 0 Å². The Morgan fingerprint density at radius 2 is 2.00 bits per heavy atom. The molecular weight excluding hydrogens is 334 g/mol. The molecule has 2 N–H and O–H groups in total. The molecule has 2 amide bonds. The number of anilines is 2. The van der Waals surface area contributed by atoms with Crippen LogP contribution in [0.25, 0.3) is 0 Å². The smallest absolute Gasteiger partial charge is 0.277 e. The van der Waals surface area contributed by atoms with E-state index in [9.17, 15) is 9.59 Å². The fourth-order valence-corrected chi connectivity index (χ4v) is 2.85. The van der Waals surface area contributed by atoms with Crippen molar-refractivity contribution in [3.63, 3.8) is 0 Å². The first-order valence-electron chi connectivity index (χ1n) is 7.68. The van der Waals surface area contributed by atoms with E-state index in [0.717, 1.165) is 23.7 Å². The van der Waals surface area contributed by atoms with E-state index in [0.29, 0.717) is 23.9 Å². The van der Waals surface area contributed by atoms with E-state index in [2.05, 4.69) is 10.2 Å². The number of nitrogens with one attached hydrogen (secondary N) is 1. The molecule has 3 rings (SSSR count). The highest BCUT2D eigenvalue weighted by Gasteiger charge is 2.31. The van der Waals surface area contributed by atoms with Gasteiger partial charge in [0.25, 0.3) is 11.8 Å². The Morgan fingerprint density at radius 1 is 1.25 bits per heavy atom. The van der Waals surface area contributed by atoms with Crippen LogP contribution in [0, 0.1) is 0 Å². The Balaban J connectivity index is 1.78. The second kappa shape index (κ2) is 7.21. The van der Waals surface area contributed by atoms with Crippen LogP contribution in [0.5, 0.6) is 0 Å². The zero-order chi connectivity index (χ0) is 17.1. The Kier molecular flexibility index (Phi) is 5.03. The maximum absolute atomic E-state index is 12.2. The van der Waals surface area contributed by atoms with Gasteiger partial charge >= 0.3 is 0 Å². The second-order valence-electron chi connectivity index (χ2n) is 5.47. The number of morpholine rings is 1. The Labute approximate surface area is 144 Å². The molecular formula is C16H18ClN3O4. The van der Waals surface area contributed by atoms with Crippen LogP contribution in [-0.2, 0) is 14.3 Å². The number of amides is 2. The van der Waals surface area contributed by atoms with Gasteiger partial charge in [0.05, 0.1) is 37.1 Å². The van der Waals surface area contributed by atoms with E-state index >= 15 is 0 Å². The van der Waals surface area contributed by atoms with Gasteiger partial charge < -0.3 is 20.1 Å². The summed E-state index contributed by atoms with van der Waals surface area (Å²) in [5, 5.41) is 12.3. The zero-order valence-electron chi connectivity index (χ0n) is 13.0. The highest BCUT2D eigenvalue weighted by Crippen LogP contribution is 2.30. The first kappa shape index (κ1) is 16.8. The number of aliphatic hydroxyl groups is 1. The largest absolute Gasteiger partial charge is 0.395 e. The summed E-state index contributed by atoms with van der Waals surface area (Å²) in [6.45, 7) is 2.60. The minimum Gasteiger partial charge on any atom is -0.395 e. The number of aliphatic hydroxyl groups excluding tert-OH is 1. The molecule has 0 spiro atoms. The summed E-state index contributed by atoms with van der Waals surface area (Å²) in [7, 11) is 0. The fourth-order valence-electron chi connectivity index (χ4n) is 2.68. The van der Waals surface area contributed by atoms with E-state index in [1.165, 1.54) is 6.08 Å². The first-order valence-corrected chi connectivity index (χ1v) is 8.05. The molecule has 2 aliphatic heterocycles. The van der Waals surface area contributed by atoms with Gasteiger partial charge in [-0.15, -0.1) is 0 Å². The molecule has 1 aromatic carbocycles.